The minimum absolute atomic E-state index is 0.0877. The third kappa shape index (κ3) is 51.0. The minimum Gasteiger partial charge on any atom is -0.462 e. The van der Waals surface area contributed by atoms with Crippen LogP contribution in [0.2, 0.25) is 0 Å². The summed E-state index contributed by atoms with van der Waals surface area (Å²) in [6, 6.07) is 0. The van der Waals surface area contributed by atoms with Gasteiger partial charge in [0, 0.05) is 19.4 Å². The molecule has 0 radical (unpaired) electrons. The van der Waals surface area contributed by atoms with Gasteiger partial charge in [-0.15, -0.1) is 0 Å². The highest BCUT2D eigenvalue weighted by Crippen LogP contribution is 2.17. The number of hydrogen-bond donors (Lipinski definition) is 0. The zero-order valence-electron chi connectivity index (χ0n) is 42.2. The van der Waals surface area contributed by atoms with Gasteiger partial charge in [0.2, 0.25) is 0 Å². The van der Waals surface area contributed by atoms with E-state index in [2.05, 4.69) is 45.1 Å². The molecule has 0 aromatic rings. The quantitative estimate of drug-likeness (QED) is 0.0346. The van der Waals surface area contributed by atoms with Crippen LogP contribution in [0.3, 0.4) is 0 Å². The number of unbranched alkanes of at least 4 members (excludes halogenated alkanes) is 37. The Hall–Kier alpha value is -1.62. The lowest BCUT2D eigenvalue weighted by molar-refractivity contribution is -0.163. The summed E-state index contributed by atoms with van der Waals surface area (Å²) in [5, 5.41) is 0. The van der Waals surface area contributed by atoms with E-state index in [0.717, 1.165) is 51.4 Å². The van der Waals surface area contributed by atoms with E-state index in [4.69, 9.17) is 14.2 Å². The average molecular weight is 873 g/mol. The van der Waals surface area contributed by atoms with Crippen LogP contribution < -0.4 is 0 Å². The van der Waals surface area contributed by atoms with Gasteiger partial charge in [0.1, 0.15) is 6.61 Å². The summed E-state index contributed by atoms with van der Waals surface area (Å²) in [7, 11) is 0. The lowest BCUT2D eigenvalue weighted by atomic mass is 10.0. The molecule has 0 aromatic carbocycles. The molecular weight excluding hydrogens is 765 g/mol. The van der Waals surface area contributed by atoms with E-state index < -0.39 is 6.10 Å². The van der Waals surface area contributed by atoms with Crippen LogP contribution in [-0.4, -0.2) is 37.9 Å². The maximum atomic E-state index is 12.8. The SMILES string of the molecule is CCC/C=C\C/C=C\CCCCCCCC(=O)OC(COCCCCCCCCCCCCCCCCCC)COC(=O)CCCCCCCCCCCCCCCCCCC. The van der Waals surface area contributed by atoms with Crippen molar-refractivity contribution in [2.45, 2.75) is 309 Å². The van der Waals surface area contributed by atoms with Crippen molar-refractivity contribution < 1.29 is 23.8 Å². The number of carbonyl (C=O) groups excluding carboxylic acids is 2. The fourth-order valence-corrected chi connectivity index (χ4v) is 8.32. The topological polar surface area (TPSA) is 61.8 Å². The summed E-state index contributed by atoms with van der Waals surface area (Å²) < 4.78 is 17.5. The zero-order chi connectivity index (χ0) is 44.9. The Labute approximate surface area is 387 Å². The second-order valence-electron chi connectivity index (χ2n) is 18.9. The smallest absolute Gasteiger partial charge is 0.306 e. The molecular formula is C57H108O5. The first-order valence-corrected chi connectivity index (χ1v) is 27.9. The molecule has 62 heavy (non-hydrogen) atoms. The molecule has 5 nitrogen and oxygen atoms in total. The first-order valence-electron chi connectivity index (χ1n) is 27.9. The molecule has 0 bridgehead atoms. The Morgan fingerprint density at radius 2 is 0.710 bits per heavy atom. The predicted octanol–water partition coefficient (Wildman–Crippen LogP) is 18.8. The molecule has 0 heterocycles. The van der Waals surface area contributed by atoms with Crippen LogP contribution in [0.15, 0.2) is 24.3 Å². The van der Waals surface area contributed by atoms with Gasteiger partial charge in [-0.3, -0.25) is 9.59 Å². The molecule has 0 aromatic heterocycles. The van der Waals surface area contributed by atoms with Crippen molar-refractivity contribution in [1.29, 1.82) is 0 Å². The minimum atomic E-state index is -0.535. The number of hydrogen-bond acceptors (Lipinski definition) is 5. The standard InChI is InChI=1S/C57H108O5/c1-4-7-10-13-16-19-22-25-27-29-30-33-35-38-41-44-47-50-56(58)61-54-55(62-57(59)51-48-45-42-39-36-32-24-21-18-15-12-9-6-3)53-60-52-49-46-43-40-37-34-31-28-26-23-20-17-14-11-8-5-2/h12,15,21,24,55H,4-11,13-14,16-20,22-23,25-54H2,1-3H3/b15-12-,24-21-. The highest BCUT2D eigenvalue weighted by Gasteiger charge is 2.17. The van der Waals surface area contributed by atoms with E-state index in [1.807, 2.05) is 0 Å². The molecule has 0 fully saturated rings. The second-order valence-corrected chi connectivity index (χ2v) is 18.9. The molecule has 0 N–H and O–H groups in total. The summed E-state index contributed by atoms with van der Waals surface area (Å²) in [5.41, 5.74) is 0. The van der Waals surface area contributed by atoms with Crippen LogP contribution in [-0.2, 0) is 23.8 Å². The van der Waals surface area contributed by atoms with Gasteiger partial charge in [-0.2, -0.15) is 0 Å². The number of esters is 2. The summed E-state index contributed by atoms with van der Waals surface area (Å²) in [4.78, 5) is 25.4. The molecule has 1 atom stereocenters. The van der Waals surface area contributed by atoms with Gasteiger partial charge >= 0.3 is 11.9 Å². The summed E-state index contributed by atoms with van der Waals surface area (Å²) in [6.45, 7) is 7.82. The van der Waals surface area contributed by atoms with E-state index in [-0.39, 0.29) is 18.5 Å². The first kappa shape index (κ1) is 60.4. The Morgan fingerprint density at radius 3 is 1.13 bits per heavy atom. The van der Waals surface area contributed by atoms with E-state index in [9.17, 15) is 9.59 Å². The predicted molar refractivity (Wildman–Crippen MR) is 270 cm³/mol. The molecule has 1 unspecified atom stereocenters. The summed E-state index contributed by atoms with van der Waals surface area (Å²) >= 11 is 0. The Morgan fingerprint density at radius 1 is 0.355 bits per heavy atom. The van der Waals surface area contributed by atoms with Crippen molar-refractivity contribution in [3.8, 4) is 0 Å². The Kier molecular flexibility index (Phi) is 52.3. The monoisotopic (exact) mass is 873 g/mol. The largest absolute Gasteiger partial charge is 0.462 e. The third-order valence-corrected chi connectivity index (χ3v) is 12.5. The van der Waals surface area contributed by atoms with Crippen LogP contribution in [0.4, 0.5) is 0 Å². The van der Waals surface area contributed by atoms with Crippen LogP contribution in [0.1, 0.15) is 303 Å². The van der Waals surface area contributed by atoms with Gasteiger partial charge in [-0.25, -0.2) is 0 Å². The van der Waals surface area contributed by atoms with Crippen LogP contribution in [0.5, 0.6) is 0 Å². The van der Waals surface area contributed by atoms with Gasteiger partial charge in [-0.1, -0.05) is 270 Å². The third-order valence-electron chi connectivity index (χ3n) is 12.5. The molecule has 0 aliphatic heterocycles. The van der Waals surface area contributed by atoms with Crippen molar-refractivity contribution >= 4 is 11.9 Å². The van der Waals surface area contributed by atoms with Crippen molar-refractivity contribution in [2.24, 2.45) is 0 Å². The van der Waals surface area contributed by atoms with Gasteiger partial charge in [0.05, 0.1) is 6.61 Å². The molecule has 366 valence electrons. The van der Waals surface area contributed by atoms with Crippen molar-refractivity contribution in [3.63, 3.8) is 0 Å². The summed E-state index contributed by atoms with van der Waals surface area (Å²) in [6.07, 6.45) is 63.3. The molecule has 5 heteroatoms. The highest BCUT2D eigenvalue weighted by atomic mass is 16.6. The summed E-state index contributed by atoms with van der Waals surface area (Å²) in [5.74, 6) is -0.392. The molecule has 0 rings (SSSR count). The van der Waals surface area contributed by atoms with Gasteiger partial charge in [0.25, 0.3) is 0 Å². The van der Waals surface area contributed by atoms with Gasteiger partial charge in [0.15, 0.2) is 6.10 Å². The normalized spacial score (nSPS) is 12.2. The number of rotatable bonds is 52. The Bertz CT molecular complexity index is 943. The lowest BCUT2D eigenvalue weighted by Gasteiger charge is -2.18. The van der Waals surface area contributed by atoms with Crippen molar-refractivity contribution in [3.05, 3.63) is 24.3 Å². The van der Waals surface area contributed by atoms with Crippen LogP contribution in [0, 0.1) is 0 Å². The number of ether oxygens (including phenoxy) is 3. The Balaban J connectivity index is 4.20. The molecule has 0 aliphatic carbocycles. The van der Waals surface area contributed by atoms with E-state index >= 15 is 0 Å². The molecule has 0 saturated heterocycles. The van der Waals surface area contributed by atoms with E-state index in [0.29, 0.717) is 26.1 Å². The first-order chi connectivity index (χ1) is 30.6. The maximum absolute atomic E-state index is 12.8. The second kappa shape index (κ2) is 53.7. The van der Waals surface area contributed by atoms with E-state index in [1.165, 1.54) is 218 Å². The van der Waals surface area contributed by atoms with Gasteiger partial charge in [-0.05, 0) is 44.9 Å². The lowest BCUT2D eigenvalue weighted by Crippen LogP contribution is -2.30. The van der Waals surface area contributed by atoms with E-state index in [1.54, 1.807) is 0 Å². The van der Waals surface area contributed by atoms with Crippen LogP contribution in [0.25, 0.3) is 0 Å². The molecule has 0 aliphatic rings. The van der Waals surface area contributed by atoms with Crippen LogP contribution >= 0.6 is 0 Å². The van der Waals surface area contributed by atoms with Crippen molar-refractivity contribution in [2.75, 3.05) is 19.8 Å². The van der Waals surface area contributed by atoms with Crippen molar-refractivity contribution in [1.82, 2.24) is 0 Å². The fraction of sp³-hybridized carbons (Fsp3) is 0.895. The average Bonchev–Trinajstić information content (AvgIpc) is 3.27. The zero-order valence-corrected chi connectivity index (χ0v) is 42.2. The number of allylic oxidation sites excluding steroid dienone is 4. The maximum Gasteiger partial charge on any atom is 0.306 e. The molecule has 0 saturated carbocycles. The molecule has 0 amide bonds. The van der Waals surface area contributed by atoms with Gasteiger partial charge < -0.3 is 14.2 Å². The highest BCUT2D eigenvalue weighted by molar-refractivity contribution is 5.70. The number of carbonyl (C=O) groups is 2. The fourth-order valence-electron chi connectivity index (χ4n) is 8.32. The molecule has 0 spiro atoms.